The molecule has 0 aliphatic carbocycles. The molecule has 1 unspecified atom stereocenters. The van der Waals surface area contributed by atoms with Gasteiger partial charge in [-0.1, -0.05) is 94.4 Å². The summed E-state index contributed by atoms with van der Waals surface area (Å²) in [6.45, 7) is 11.4. The van der Waals surface area contributed by atoms with Gasteiger partial charge in [0, 0.05) is 12.2 Å². The van der Waals surface area contributed by atoms with Gasteiger partial charge in [0.2, 0.25) is 0 Å². The molecule has 2 amide bonds. The van der Waals surface area contributed by atoms with E-state index in [9.17, 15) is 4.79 Å². The highest BCUT2D eigenvalue weighted by Crippen LogP contribution is 2.26. The molecule has 0 radical (unpaired) electrons. The molecule has 1 atom stereocenters. The number of amides is 2. The molecule has 0 bridgehead atoms. The van der Waals surface area contributed by atoms with Gasteiger partial charge >= 0.3 is 6.03 Å². The Labute approximate surface area is 187 Å². The Bertz CT molecular complexity index is 970. The molecule has 0 saturated carbocycles. The molecule has 162 valence electrons. The molecule has 3 heteroatoms. The third-order valence-corrected chi connectivity index (χ3v) is 5.80. The Hall–Kier alpha value is -3.07. The van der Waals surface area contributed by atoms with E-state index in [-0.39, 0.29) is 17.5 Å². The summed E-state index contributed by atoms with van der Waals surface area (Å²) in [7, 11) is 0. The van der Waals surface area contributed by atoms with Crippen molar-refractivity contribution in [2.45, 2.75) is 59.0 Å². The lowest BCUT2D eigenvalue weighted by Gasteiger charge is -2.30. The van der Waals surface area contributed by atoms with Crippen molar-refractivity contribution in [3.05, 3.63) is 101 Å². The molecule has 0 aliphatic heterocycles. The molecular formula is C28H34N2O. The number of carbonyl (C=O) groups excluding carboxylic acids is 1. The fourth-order valence-corrected chi connectivity index (χ4v) is 3.62. The molecule has 0 fully saturated rings. The van der Waals surface area contributed by atoms with Crippen LogP contribution in [0.5, 0.6) is 0 Å². The van der Waals surface area contributed by atoms with Crippen LogP contribution in [0, 0.1) is 0 Å². The number of hydrogen-bond acceptors (Lipinski definition) is 1. The van der Waals surface area contributed by atoms with Crippen LogP contribution in [0.15, 0.2) is 78.9 Å². The van der Waals surface area contributed by atoms with Gasteiger partial charge in [0.05, 0.1) is 6.04 Å². The smallest absolute Gasteiger partial charge is 0.313 e. The maximum Gasteiger partial charge on any atom is 0.322 e. The van der Waals surface area contributed by atoms with E-state index in [1.165, 1.54) is 11.1 Å². The van der Waals surface area contributed by atoms with Gasteiger partial charge in [-0.25, -0.2) is 4.79 Å². The Morgan fingerprint density at radius 3 is 2.00 bits per heavy atom. The van der Waals surface area contributed by atoms with E-state index in [2.05, 4.69) is 88.5 Å². The number of hydrogen-bond donors (Lipinski definition) is 1. The SMILES string of the molecule is CCc1ccc(NC(=O)N(Cc2ccc(C(C)(C)C)cc2)C(C)c2ccccc2)cc1. The van der Waals surface area contributed by atoms with Crippen molar-refractivity contribution in [3.63, 3.8) is 0 Å². The molecular weight excluding hydrogens is 380 g/mol. The molecule has 0 heterocycles. The number of benzene rings is 3. The highest BCUT2D eigenvalue weighted by Gasteiger charge is 2.22. The number of nitrogens with one attached hydrogen (secondary N) is 1. The molecule has 3 nitrogen and oxygen atoms in total. The first-order valence-electron chi connectivity index (χ1n) is 11.1. The summed E-state index contributed by atoms with van der Waals surface area (Å²) in [6.07, 6.45) is 0.982. The topological polar surface area (TPSA) is 32.3 Å². The van der Waals surface area contributed by atoms with E-state index in [0.29, 0.717) is 6.54 Å². The molecule has 1 N–H and O–H groups in total. The number of anilines is 1. The van der Waals surface area contributed by atoms with Crippen molar-refractivity contribution >= 4 is 11.7 Å². The first-order valence-corrected chi connectivity index (χ1v) is 11.1. The minimum absolute atomic E-state index is 0.0570. The van der Waals surface area contributed by atoms with Crippen molar-refractivity contribution in [2.75, 3.05) is 5.32 Å². The van der Waals surface area contributed by atoms with E-state index >= 15 is 0 Å². The number of urea groups is 1. The molecule has 0 aromatic heterocycles. The van der Waals surface area contributed by atoms with Gasteiger partial charge in [-0.15, -0.1) is 0 Å². The van der Waals surface area contributed by atoms with Crippen LogP contribution in [0.2, 0.25) is 0 Å². The van der Waals surface area contributed by atoms with Gasteiger partial charge in [0.1, 0.15) is 0 Å². The molecule has 3 aromatic rings. The highest BCUT2D eigenvalue weighted by atomic mass is 16.2. The van der Waals surface area contributed by atoms with Crippen LogP contribution >= 0.6 is 0 Å². The third-order valence-electron chi connectivity index (χ3n) is 5.80. The Kier molecular flexibility index (Phi) is 7.17. The second-order valence-electron chi connectivity index (χ2n) is 9.14. The first kappa shape index (κ1) is 22.6. The second-order valence-corrected chi connectivity index (χ2v) is 9.14. The zero-order valence-corrected chi connectivity index (χ0v) is 19.4. The average Bonchev–Trinajstić information content (AvgIpc) is 2.78. The fourth-order valence-electron chi connectivity index (χ4n) is 3.62. The third kappa shape index (κ3) is 5.97. The Morgan fingerprint density at radius 2 is 1.45 bits per heavy atom. The summed E-state index contributed by atoms with van der Waals surface area (Å²) in [5, 5.41) is 3.09. The highest BCUT2D eigenvalue weighted by molar-refractivity contribution is 5.89. The Balaban J connectivity index is 1.84. The van der Waals surface area contributed by atoms with Crippen LogP contribution in [-0.2, 0) is 18.4 Å². The van der Waals surface area contributed by atoms with Crippen LogP contribution in [-0.4, -0.2) is 10.9 Å². The minimum Gasteiger partial charge on any atom is -0.313 e. The summed E-state index contributed by atoms with van der Waals surface area (Å²) in [4.78, 5) is 15.2. The fraction of sp³-hybridized carbons (Fsp3) is 0.321. The van der Waals surface area contributed by atoms with Gasteiger partial charge in [0.15, 0.2) is 0 Å². The zero-order chi connectivity index (χ0) is 22.4. The number of nitrogens with zero attached hydrogens (tertiary/aromatic N) is 1. The first-order chi connectivity index (χ1) is 14.8. The van der Waals surface area contributed by atoms with Gasteiger partial charge in [-0.2, -0.15) is 0 Å². The summed E-state index contributed by atoms with van der Waals surface area (Å²) < 4.78 is 0. The van der Waals surface area contributed by atoms with Crippen molar-refractivity contribution < 1.29 is 4.79 Å². The monoisotopic (exact) mass is 414 g/mol. The molecule has 0 aliphatic rings. The maximum atomic E-state index is 13.3. The summed E-state index contributed by atoms with van der Waals surface area (Å²) in [5.74, 6) is 0. The van der Waals surface area contributed by atoms with E-state index in [4.69, 9.17) is 0 Å². The van der Waals surface area contributed by atoms with Crippen LogP contribution in [0.4, 0.5) is 10.5 Å². The molecule has 0 spiro atoms. The lowest BCUT2D eigenvalue weighted by Crippen LogP contribution is -2.36. The van der Waals surface area contributed by atoms with Gasteiger partial charge in [-0.3, -0.25) is 0 Å². The summed E-state index contributed by atoms with van der Waals surface area (Å²) >= 11 is 0. The number of aryl methyl sites for hydroxylation is 1. The van der Waals surface area contributed by atoms with Crippen molar-refractivity contribution in [1.29, 1.82) is 0 Å². The standard InChI is InChI=1S/C28H34N2O/c1-6-22-14-18-26(19-15-22)29-27(31)30(21(2)24-10-8-7-9-11-24)20-23-12-16-25(17-13-23)28(3,4)5/h7-19,21H,6,20H2,1-5H3,(H,29,31). The van der Waals surface area contributed by atoms with Crippen molar-refractivity contribution in [2.24, 2.45) is 0 Å². The lowest BCUT2D eigenvalue weighted by atomic mass is 9.86. The van der Waals surface area contributed by atoms with Gasteiger partial charge < -0.3 is 10.2 Å². The van der Waals surface area contributed by atoms with E-state index in [1.807, 2.05) is 35.2 Å². The van der Waals surface area contributed by atoms with Crippen LogP contribution in [0.1, 0.15) is 62.9 Å². The predicted octanol–water partition coefficient (Wildman–Crippen LogP) is 7.34. The average molecular weight is 415 g/mol. The normalized spacial score (nSPS) is 12.3. The zero-order valence-electron chi connectivity index (χ0n) is 19.4. The van der Waals surface area contributed by atoms with Gasteiger partial charge in [0.25, 0.3) is 0 Å². The molecule has 3 aromatic carbocycles. The van der Waals surface area contributed by atoms with E-state index in [0.717, 1.165) is 23.2 Å². The van der Waals surface area contributed by atoms with Crippen molar-refractivity contribution in [1.82, 2.24) is 4.90 Å². The largest absolute Gasteiger partial charge is 0.322 e. The number of rotatable bonds is 6. The van der Waals surface area contributed by atoms with Crippen LogP contribution < -0.4 is 5.32 Å². The molecule has 3 rings (SSSR count). The minimum atomic E-state index is -0.0968. The van der Waals surface area contributed by atoms with Crippen molar-refractivity contribution in [3.8, 4) is 0 Å². The number of carbonyl (C=O) groups is 1. The predicted molar refractivity (Wildman–Crippen MR) is 130 cm³/mol. The Morgan fingerprint density at radius 1 is 0.871 bits per heavy atom. The van der Waals surface area contributed by atoms with Gasteiger partial charge in [-0.05, 0) is 53.1 Å². The van der Waals surface area contributed by atoms with E-state index < -0.39 is 0 Å². The summed E-state index contributed by atoms with van der Waals surface area (Å²) in [6, 6.07) is 26.7. The molecule has 31 heavy (non-hydrogen) atoms. The quantitative estimate of drug-likeness (QED) is 0.449. The lowest BCUT2D eigenvalue weighted by molar-refractivity contribution is 0.189. The van der Waals surface area contributed by atoms with E-state index in [1.54, 1.807) is 0 Å². The summed E-state index contributed by atoms with van der Waals surface area (Å²) in [5.41, 5.74) is 5.70. The van der Waals surface area contributed by atoms with Crippen LogP contribution in [0.25, 0.3) is 0 Å². The maximum absolute atomic E-state index is 13.3. The second kappa shape index (κ2) is 9.82. The van der Waals surface area contributed by atoms with Crippen LogP contribution in [0.3, 0.4) is 0 Å². The molecule has 0 saturated heterocycles.